The maximum Gasteiger partial charge on any atom is 3.00 e. The van der Waals surface area contributed by atoms with E-state index >= 15 is 0 Å². The summed E-state index contributed by atoms with van der Waals surface area (Å²) in [7, 11) is 6.18. The van der Waals surface area contributed by atoms with Gasteiger partial charge in [0.05, 0.1) is 34.6 Å². The molecule has 9 aromatic rings. The maximum atomic E-state index is 4.58. The van der Waals surface area contributed by atoms with Gasteiger partial charge in [0.25, 0.3) is 0 Å². The Labute approximate surface area is 375 Å². The molecule has 0 saturated heterocycles. The monoisotopic (exact) mass is 976 g/mol. The Morgan fingerprint density at radius 3 is 0.803 bits per heavy atom. The number of hydrogen-bond acceptors (Lipinski definition) is 3. The zero-order chi connectivity index (χ0) is 42.3. The summed E-state index contributed by atoms with van der Waals surface area (Å²) in [6, 6.07) is 52.7. The summed E-state index contributed by atoms with van der Waals surface area (Å²) in [5.74, 6) is 2.84. The van der Waals surface area contributed by atoms with Crippen molar-refractivity contribution in [3.8, 4) is 67.9 Å². The predicted molar refractivity (Wildman–Crippen MR) is 247 cm³/mol. The summed E-state index contributed by atoms with van der Waals surface area (Å²) in [5, 5.41) is 0. The number of aromatic nitrogens is 6. The summed E-state index contributed by atoms with van der Waals surface area (Å²) in [5.41, 5.74) is 18.0. The molecule has 306 valence electrons. The smallest absolute Gasteiger partial charge is 0.367 e. The standard InChI is InChI=1S/3C18H17N2.Ir/c3*1-13-8-7-9-14(2)17(13)16-12-19-18(20(16)3)15-10-5-4-6-11-15;/h3*4-10,12H,1-3H3;/q3*-1;+3. The molecule has 61 heavy (non-hydrogen) atoms. The summed E-state index contributed by atoms with van der Waals surface area (Å²) in [4.78, 5) is 13.7. The van der Waals surface area contributed by atoms with Crippen LogP contribution in [-0.4, -0.2) is 28.7 Å². The molecule has 0 saturated carbocycles. The van der Waals surface area contributed by atoms with E-state index in [4.69, 9.17) is 0 Å². The van der Waals surface area contributed by atoms with E-state index in [1.54, 1.807) is 0 Å². The van der Waals surface area contributed by atoms with E-state index < -0.39 is 0 Å². The quantitative estimate of drug-likeness (QED) is 0.156. The normalized spacial score (nSPS) is 10.6. The average Bonchev–Trinajstić information content (AvgIpc) is 3.95. The van der Waals surface area contributed by atoms with Crippen molar-refractivity contribution in [1.82, 2.24) is 28.7 Å². The van der Waals surface area contributed by atoms with E-state index in [0.717, 1.165) is 51.2 Å². The van der Waals surface area contributed by atoms with E-state index in [-0.39, 0.29) is 20.1 Å². The molecule has 7 heteroatoms. The van der Waals surface area contributed by atoms with Crippen LogP contribution in [0.4, 0.5) is 0 Å². The molecular weight excluding hydrogens is 925 g/mol. The molecule has 0 fully saturated rings. The molecule has 6 nitrogen and oxygen atoms in total. The third-order valence-electron chi connectivity index (χ3n) is 11.0. The number of imidazole rings is 3. The molecular formula is C54H51IrN6. The van der Waals surface area contributed by atoms with Crippen LogP contribution in [0.3, 0.4) is 0 Å². The van der Waals surface area contributed by atoms with Gasteiger partial charge in [-0.05, 0) is 74.9 Å². The molecule has 9 rings (SSSR count). The molecule has 0 aliphatic heterocycles. The maximum absolute atomic E-state index is 4.58. The van der Waals surface area contributed by atoms with Crippen molar-refractivity contribution < 1.29 is 20.1 Å². The second-order valence-corrected chi connectivity index (χ2v) is 15.2. The van der Waals surface area contributed by atoms with Gasteiger partial charge >= 0.3 is 20.1 Å². The molecule has 0 aliphatic carbocycles. The summed E-state index contributed by atoms with van der Waals surface area (Å²) >= 11 is 0. The van der Waals surface area contributed by atoms with Gasteiger partial charge in [-0.1, -0.05) is 54.6 Å². The second kappa shape index (κ2) is 19.8. The van der Waals surface area contributed by atoms with E-state index in [1.807, 2.05) is 91.4 Å². The van der Waals surface area contributed by atoms with E-state index in [9.17, 15) is 0 Å². The van der Waals surface area contributed by atoms with E-state index in [2.05, 4.69) is 164 Å². The number of nitrogens with zero attached hydrogens (tertiary/aromatic N) is 6. The van der Waals surface area contributed by atoms with Crippen molar-refractivity contribution in [2.45, 2.75) is 41.5 Å². The van der Waals surface area contributed by atoms with Crippen molar-refractivity contribution in [2.75, 3.05) is 0 Å². The van der Waals surface area contributed by atoms with Gasteiger partial charge in [-0.15, -0.1) is 108 Å². The van der Waals surface area contributed by atoms with Crippen LogP contribution in [0.1, 0.15) is 33.4 Å². The van der Waals surface area contributed by atoms with Crippen LogP contribution in [0.25, 0.3) is 67.9 Å². The third kappa shape index (κ3) is 9.49. The van der Waals surface area contributed by atoms with Gasteiger partial charge < -0.3 is 13.7 Å². The molecule has 0 aliphatic rings. The zero-order valence-electron chi connectivity index (χ0n) is 36.4. The van der Waals surface area contributed by atoms with Crippen molar-refractivity contribution in [3.05, 3.63) is 198 Å². The molecule has 0 spiro atoms. The van der Waals surface area contributed by atoms with Gasteiger partial charge in [0.1, 0.15) is 0 Å². The molecule has 3 aromatic heterocycles. The third-order valence-corrected chi connectivity index (χ3v) is 11.0. The number of aryl methyl sites for hydroxylation is 6. The largest absolute Gasteiger partial charge is 3.00 e. The number of benzene rings is 6. The first-order valence-electron chi connectivity index (χ1n) is 20.2. The molecule has 3 heterocycles. The van der Waals surface area contributed by atoms with Crippen LogP contribution in [0.2, 0.25) is 0 Å². The average molecular weight is 976 g/mol. The fraction of sp³-hybridized carbons (Fsp3) is 0.167. The van der Waals surface area contributed by atoms with Crippen LogP contribution >= 0.6 is 0 Å². The summed E-state index contributed by atoms with van der Waals surface area (Å²) in [6.45, 7) is 12.9. The van der Waals surface area contributed by atoms with Gasteiger partial charge in [0.15, 0.2) is 0 Å². The van der Waals surface area contributed by atoms with E-state index in [1.165, 1.54) is 50.1 Å². The molecule has 0 unspecified atom stereocenters. The predicted octanol–water partition coefficient (Wildman–Crippen LogP) is 12.5. The van der Waals surface area contributed by atoms with Crippen molar-refractivity contribution >= 4 is 0 Å². The minimum absolute atomic E-state index is 0. The molecule has 0 N–H and O–H groups in total. The minimum atomic E-state index is 0. The SMILES string of the molecule is Cc1cccc(C)c1-c1cnc(-c2[c-]cccc2)n1C.Cc1cccc(C)c1-c1cnc(-c2[c-]cccc2)n1C.Cc1cccc(C)c1-c1cnc(-c2[c-]cccc2)n1C.[Ir+3]. The Hall–Kier alpha value is -6.40. The summed E-state index contributed by atoms with van der Waals surface area (Å²) in [6.07, 6.45) is 5.85. The summed E-state index contributed by atoms with van der Waals surface area (Å²) < 4.78 is 6.42. The van der Waals surface area contributed by atoms with Crippen LogP contribution in [0.5, 0.6) is 0 Å². The second-order valence-electron chi connectivity index (χ2n) is 15.2. The fourth-order valence-corrected chi connectivity index (χ4v) is 7.93. The molecule has 6 aromatic carbocycles. The van der Waals surface area contributed by atoms with Gasteiger partial charge in [0, 0.05) is 56.4 Å². The molecule has 0 atom stereocenters. The first kappa shape index (κ1) is 44.2. The van der Waals surface area contributed by atoms with Crippen LogP contribution < -0.4 is 0 Å². The first-order chi connectivity index (χ1) is 29.0. The van der Waals surface area contributed by atoms with Crippen LogP contribution in [-0.2, 0) is 41.2 Å². The van der Waals surface area contributed by atoms with Gasteiger partial charge in [-0.3, -0.25) is 15.0 Å². The number of rotatable bonds is 6. The topological polar surface area (TPSA) is 53.5 Å². The Balaban J connectivity index is 0.000000152. The minimum Gasteiger partial charge on any atom is -0.367 e. The fourth-order valence-electron chi connectivity index (χ4n) is 7.93. The Kier molecular flexibility index (Phi) is 14.3. The first-order valence-corrected chi connectivity index (χ1v) is 20.2. The van der Waals surface area contributed by atoms with Gasteiger partial charge in [-0.25, -0.2) is 0 Å². The Morgan fingerprint density at radius 2 is 0.590 bits per heavy atom. The van der Waals surface area contributed by atoms with Crippen LogP contribution in [0.15, 0.2) is 146 Å². The Bertz CT molecular complexity index is 2480. The van der Waals surface area contributed by atoms with Gasteiger partial charge in [-0.2, -0.15) is 0 Å². The van der Waals surface area contributed by atoms with Crippen molar-refractivity contribution in [2.24, 2.45) is 21.1 Å². The molecule has 0 bridgehead atoms. The van der Waals surface area contributed by atoms with E-state index in [0.29, 0.717) is 0 Å². The number of hydrogen-bond donors (Lipinski definition) is 0. The molecule has 0 amide bonds. The molecule has 0 radical (unpaired) electrons. The zero-order valence-corrected chi connectivity index (χ0v) is 38.8. The Morgan fingerprint density at radius 1 is 0.344 bits per heavy atom. The van der Waals surface area contributed by atoms with Gasteiger partial charge in [0.2, 0.25) is 0 Å². The van der Waals surface area contributed by atoms with Crippen LogP contribution in [0, 0.1) is 59.7 Å². The van der Waals surface area contributed by atoms with Crippen molar-refractivity contribution in [1.29, 1.82) is 0 Å². The van der Waals surface area contributed by atoms with Crippen molar-refractivity contribution in [3.63, 3.8) is 0 Å².